The third-order valence-electron chi connectivity index (χ3n) is 4.54. The van der Waals surface area contributed by atoms with E-state index in [1.165, 1.54) is 6.92 Å². The Bertz CT molecular complexity index is 781. The number of rotatable bonds is 5. The van der Waals surface area contributed by atoms with Crippen LogP contribution in [0, 0.1) is 0 Å². The zero-order valence-electron chi connectivity index (χ0n) is 14.8. The number of nitrogens with zero attached hydrogens (tertiary/aromatic N) is 2. The second-order valence-corrected chi connectivity index (χ2v) is 6.43. The minimum atomic E-state index is -0.0726. The smallest absolute Gasteiger partial charge is 0.238 e. The maximum absolute atomic E-state index is 12.2. The van der Waals surface area contributed by atoms with Crippen molar-refractivity contribution in [2.45, 2.75) is 6.92 Å². The van der Waals surface area contributed by atoms with Gasteiger partial charge in [0, 0.05) is 37.4 Å². The van der Waals surface area contributed by atoms with E-state index < -0.39 is 0 Å². The van der Waals surface area contributed by atoms with Crippen LogP contribution in [0.2, 0.25) is 0 Å². The fraction of sp³-hybridized carbons (Fsp3) is 0.300. The van der Waals surface area contributed by atoms with E-state index in [-0.39, 0.29) is 17.4 Å². The Hall–Kier alpha value is -2.86. The predicted octanol–water partition coefficient (Wildman–Crippen LogP) is 2.36. The number of phenols is 1. The second-order valence-electron chi connectivity index (χ2n) is 6.43. The molecule has 0 atom stereocenters. The minimum absolute atomic E-state index is 0.00482. The lowest BCUT2D eigenvalue weighted by atomic mass is 10.1. The lowest BCUT2D eigenvalue weighted by molar-refractivity contribution is -0.117. The number of piperazine rings is 1. The number of amides is 1. The molecule has 2 aromatic carbocycles. The van der Waals surface area contributed by atoms with Gasteiger partial charge in [0.05, 0.1) is 12.2 Å². The number of nitrogens with one attached hydrogen (secondary N) is 1. The molecular weight excluding hydrogens is 330 g/mol. The first kappa shape index (κ1) is 17.9. The van der Waals surface area contributed by atoms with Crippen molar-refractivity contribution in [3.63, 3.8) is 0 Å². The van der Waals surface area contributed by atoms with Gasteiger partial charge in [0.15, 0.2) is 5.78 Å². The molecule has 1 fully saturated rings. The number of para-hydroxylation sites is 2. The molecule has 0 spiro atoms. The zero-order chi connectivity index (χ0) is 18.5. The molecule has 0 bridgehead atoms. The van der Waals surface area contributed by atoms with Gasteiger partial charge in [-0.3, -0.25) is 14.5 Å². The first-order valence-electron chi connectivity index (χ1n) is 8.69. The molecule has 0 radical (unpaired) electrons. The molecule has 1 aliphatic rings. The summed E-state index contributed by atoms with van der Waals surface area (Å²) in [6, 6.07) is 14.2. The summed E-state index contributed by atoms with van der Waals surface area (Å²) in [6.45, 7) is 4.87. The topological polar surface area (TPSA) is 72.9 Å². The van der Waals surface area contributed by atoms with Gasteiger partial charge in [0.1, 0.15) is 5.75 Å². The van der Waals surface area contributed by atoms with Crippen molar-refractivity contribution in [1.29, 1.82) is 0 Å². The number of phenolic OH excluding ortho intramolecular Hbond substituents is 1. The van der Waals surface area contributed by atoms with Crippen molar-refractivity contribution >= 4 is 23.1 Å². The maximum atomic E-state index is 12.2. The van der Waals surface area contributed by atoms with Gasteiger partial charge in [-0.2, -0.15) is 0 Å². The molecule has 1 aliphatic heterocycles. The van der Waals surface area contributed by atoms with Crippen molar-refractivity contribution in [2.75, 3.05) is 42.9 Å². The van der Waals surface area contributed by atoms with Gasteiger partial charge in [-0.1, -0.05) is 12.1 Å². The Labute approximate surface area is 153 Å². The Kier molecular flexibility index (Phi) is 5.53. The van der Waals surface area contributed by atoms with E-state index in [2.05, 4.69) is 15.1 Å². The molecule has 6 heteroatoms. The summed E-state index contributed by atoms with van der Waals surface area (Å²) in [4.78, 5) is 27.7. The first-order chi connectivity index (χ1) is 12.5. The molecule has 26 heavy (non-hydrogen) atoms. The van der Waals surface area contributed by atoms with Crippen LogP contribution >= 0.6 is 0 Å². The third-order valence-corrected chi connectivity index (χ3v) is 4.54. The summed E-state index contributed by atoms with van der Waals surface area (Å²) in [5.41, 5.74) is 2.15. The Morgan fingerprint density at radius 3 is 2.27 bits per heavy atom. The van der Waals surface area contributed by atoms with E-state index in [4.69, 9.17) is 0 Å². The first-order valence-corrected chi connectivity index (χ1v) is 8.69. The number of Topliss-reactive ketones (excluding diaryl/α,β-unsaturated/α-hetero) is 1. The molecule has 0 saturated carbocycles. The molecule has 1 saturated heterocycles. The van der Waals surface area contributed by atoms with Crippen molar-refractivity contribution in [2.24, 2.45) is 0 Å². The number of hydrogen-bond donors (Lipinski definition) is 2. The molecule has 0 aromatic heterocycles. The highest BCUT2D eigenvalue weighted by Gasteiger charge is 2.20. The third kappa shape index (κ3) is 4.40. The summed E-state index contributed by atoms with van der Waals surface area (Å²) < 4.78 is 0. The highest BCUT2D eigenvalue weighted by Crippen LogP contribution is 2.27. The van der Waals surface area contributed by atoms with E-state index in [9.17, 15) is 14.7 Å². The van der Waals surface area contributed by atoms with Gasteiger partial charge >= 0.3 is 0 Å². The number of carbonyl (C=O) groups is 2. The van der Waals surface area contributed by atoms with Crippen molar-refractivity contribution in [3.05, 3.63) is 54.1 Å². The van der Waals surface area contributed by atoms with Crippen LogP contribution in [-0.4, -0.2) is 54.4 Å². The molecule has 0 aliphatic carbocycles. The van der Waals surface area contributed by atoms with Crippen LogP contribution in [0.5, 0.6) is 5.75 Å². The molecule has 0 unspecified atom stereocenters. The average molecular weight is 353 g/mol. The van der Waals surface area contributed by atoms with Crippen LogP contribution in [0.3, 0.4) is 0 Å². The molecule has 1 amide bonds. The lowest BCUT2D eigenvalue weighted by Gasteiger charge is -2.35. The quantitative estimate of drug-likeness (QED) is 0.808. The van der Waals surface area contributed by atoms with Crippen LogP contribution in [0.15, 0.2) is 48.5 Å². The minimum Gasteiger partial charge on any atom is -0.506 e. The zero-order valence-corrected chi connectivity index (χ0v) is 14.8. The second kappa shape index (κ2) is 8.01. The van der Waals surface area contributed by atoms with E-state index >= 15 is 0 Å². The van der Waals surface area contributed by atoms with Crippen molar-refractivity contribution in [1.82, 2.24) is 4.90 Å². The SMILES string of the molecule is CC(=O)c1ccc(NC(=O)CN2CCN(c3ccccc3O)CC2)cc1. The number of aromatic hydroxyl groups is 1. The number of hydrogen-bond acceptors (Lipinski definition) is 5. The fourth-order valence-electron chi connectivity index (χ4n) is 3.07. The van der Waals surface area contributed by atoms with Crippen LogP contribution in [0.1, 0.15) is 17.3 Å². The molecule has 136 valence electrons. The van der Waals surface area contributed by atoms with Crippen LogP contribution in [0.4, 0.5) is 11.4 Å². The number of ketones is 1. The number of benzene rings is 2. The predicted molar refractivity (Wildman–Crippen MR) is 102 cm³/mol. The summed E-state index contributed by atoms with van der Waals surface area (Å²) in [5, 5.41) is 12.8. The number of anilines is 2. The van der Waals surface area contributed by atoms with Gasteiger partial charge in [-0.15, -0.1) is 0 Å². The van der Waals surface area contributed by atoms with E-state index in [1.807, 2.05) is 18.2 Å². The summed E-state index contributed by atoms with van der Waals surface area (Å²) >= 11 is 0. The van der Waals surface area contributed by atoms with Crippen molar-refractivity contribution < 1.29 is 14.7 Å². The van der Waals surface area contributed by atoms with Crippen LogP contribution in [0.25, 0.3) is 0 Å². The normalized spacial score (nSPS) is 14.9. The van der Waals surface area contributed by atoms with Gasteiger partial charge in [-0.25, -0.2) is 0 Å². The van der Waals surface area contributed by atoms with E-state index in [1.54, 1.807) is 30.3 Å². The Morgan fingerprint density at radius 2 is 1.65 bits per heavy atom. The van der Waals surface area contributed by atoms with E-state index in [0.29, 0.717) is 17.8 Å². The standard InChI is InChI=1S/C20H23N3O3/c1-15(24)16-6-8-17(9-7-16)21-20(26)14-22-10-12-23(13-11-22)18-4-2-3-5-19(18)25/h2-9,25H,10-14H2,1H3,(H,21,26). The molecule has 1 heterocycles. The van der Waals surface area contributed by atoms with E-state index in [0.717, 1.165) is 31.9 Å². The highest BCUT2D eigenvalue weighted by atomic mass is 16.3. The van der Waals surface area contributed by atoms with Crippen molar-refractivity contribution in [3.8, 4) is 5.75 Å². The molecular formula is C20H23N3O3. The Morgan fingerprint density at radius 1 is 1.00 bits per heavy atom. The van der Waals surface area contributed by atoms with Gasteiger partial charge in [0.2, 0.25) is 5.91 Å². The summed E-state index contributed by atoms with van der Waals surface area (Å²) in [6.07, 6.45) is 0. The summed E-state index contributed by atoms with van der Waals surface area (Å²) in [7, 11) is 0. The molecule has 2 aromatic rings. The maximum Gasteiger partial charge on any atom is 0.238 e. The average Bonchev–Trinajstić information content (AvgIpc) is 2.63. The monoisotopic (exact) mass is 353 g/mol. The molecule has 2 N–H and O–H groups in total. The summed E-state index contributed by atoms with van der Waals surface area (Å²) in [5.74, 6) is 0.217. The fourth-order valence-corrected chi connectivity index (χ4v) is 3.07. The number of carbonyl (C=O) groups excluding carboxylic acids is 2. The van der Waals surface area contributed by atoms with Crippen LogP contribution < -0.4 is 10.2 Å². The van der Waals surface area contributed by atoms with Gasteiger partial charge in [0.25, 0.3) is 0 Å². The molecule has 6 nitrogen and oxygen atoms in total. The largest absolute Gasteiger partial charge is 0.506 e. The van der Waals surface area contributed by atoms with Gasteiger partial charge in [-0.05, 0) is 43.3 Å². The van der Waals surface area contributed by atoms with Gasteiger partial charge < -0.3 is 15.3 Å². The lowest BCUT2D eigenvalue weighted by Crippen LogP contribution is -2.48. The highest BCUT2D eigenvalue weighted by molar-refractivity contribution is 5.96. The van der Waals surface area contributed by atoms with Crippen LogP contribution in [-0.2, 0) is 4.79 Å². The Balaban J connectivity index is 1.49. The molecule has 3 rings (SSSR count).